The summed E-state index contributed by atoms with van der Waals surface area (Å²) >= 11 is 4.27. The molecule has 0 spiro atoms. The maximum absolute atomic E-state index is 12.7. The van der Waals surface area contributed by atoms with Crippen LogP contribution in [0.3, 0.4) is 0 Å². The topological polar surface area (TPSA) is 86.3 Å². The predicted octanol–water partition coefficient (Wildman–Crippen LogP) is 2.91. The van der Waals surface area contributed by atoms with Crippen LogP contribution in [0.1, 0.15) is 31.4 Å². The molecule has 166 valence electrons. The number of nitrogens with zero attached hydrogens (tertiary/aromatic N) is 1. The van der Waals surface area contributed by atoms with Crippen molar-refractivity contribution in [2.45, 2.75) is 32.0 Å². The number of hydrogen-bond donors (Lipinski definition) is 2. The van der Waals surface area contributed by atoms with Gasteiger partial charge in [0.25, 0.3) is 0 Å². The van der Waals surface area contributed by atoms with Crippen molar-refractivity contribution in [3.63, 3.8) is 0 Å². The molecule has 2 rings (SSSR count). The number of para-hydroxylation sites is 1. The van der Waals surface area contributed by atoms with Gasteiger partial charge in [0, 0.05) is 18.8 Å². The summed E-state index contributed by atoms with van der Waals surface area (Å²) in [5, 5.41) is 2.76. The Morgan fingerprint density at radius 3 is 2.67 bits per heavy atom. The Morgan fingerprint density at radius 2 is 2.03 bits per heavy atom. The molecule has 0 saturated carbocycles. The van der Waals surface area contributed by atoms with E-state index in [0.717, 1.165) is 18.4 Å². The zero-order valence-corrected chi connectivity index (χ0v) is 18.4. The molecule has 30 heavy (non-hydrogen) atoms. The van der Waals surface area contributed by atoms with Crippen LogP contribution in [0.2, 0.25) is 0 Å². The van der Waals surface area contributed by atoms with Crippen LogP contribution in [-0.2, 0) is 19.0 Å². The highest BCUT2D eigenvalue weighted by molar-refractivity contribution is 7.84. The molecule has 9 heteroatoms. The van der Waals surface area contributed by atoms with E-state index in [9.17, 15) is 9.59 Å². The Balaban J connectivity index is 2.18. The van der Waals surface area contributed by atoms with E-state index in [2.05, 4.69) is 24.5 Å². The van der Waals surface area contributed by atoms with Gasteiger partial charge in [-0.05, 0) is 25.8 Å². The molecule has 0 unspecified atom stereocenters. The Hall–Kier alpha value is -2.23. The molecule has 1 aromatic rings. The third-order valence-electron chi connectivity index (χ3n) is 4.61. The fourth-order valence-electron chi connectivity index (χ4n) is 3.12. The number of nitrogens with one attached hydrogen (secondary N) is 1. The average Bonchev–Trinajstić information content (AvgIpc) is 2.75. The largest absolute Gasteiger partial charge is 0.496 e. The standard InChI is InChI=1S/C21H30N2O6S/c1-4-28-20(24)13-22-21(25)23(15(2)30)14-19(29-16-9-11-27-12-10-16)17-7-5-6-8-18(17)26-3/h5-8,16,19,30H,2,4,9-14H2,1,3H3,(H,22,25)/t19-/m0/s1. The van der Waals surface area contributed by atoms with Crippen molar-refractivity contribution < 1.29 is 28.5 Å². The number of carbonyl (C=O) groups is 2. The van der Waals surface area contributed by atoms with Crippen LogP contribution in [0.5, 0.6) is 5.75 Å². The van der Waals surface area contributed by atoms with Gasteiger partial charge in [0.15, 0.2) is 0 Å². The molecular formula is C21H30N2O6S. The third-order valence-corrected chi connectivity index (χ3v) is 4.85. The van der Waals surface area contributed by atoms with E-state index in [-0.39, 0.29) is 30.8 Å². The SMILES string of the molecule is C=C(S)N(C[C@H](OC1CCOCC1)c1ccccc1OC)C(=O)NCC(=O)OCC. The maximum atomic E-state index is 12.7. The number of hydrogen-bond acceptors (Lipinski definition) is 7. The van der Waals surface area contributed by atoms with Crippen LogP contribution >= 0.6 is 12.6 Å². The first-order valence-electron chi connectivity index (χ1n) is 9.91. The van der Waals surface area contributed by atoms with Gasteiger partial charge in [-0.15, -0.1) is 12.6 Å². The molecule has 1 heterocycles. The number of rotatable bonds is 10. The minimum Gasteiger partial charge on any atom is -0.496 e. The van der Waals surface area contributed by atoms with Gasteiger partial charge in [-0.25, -0.2) is 4.79 Å². The first-order chi connectivity index (χ1) is 14.5. The number of methoxy groups -OCH3 is 1. The third kappa shape index (κ3) is 7.23. The van der Waals surface area contributed by atoms with Crippen LogP contribution < -0.4 is 10.1 Å². The Kier molecular flexibility index (Phi) is 9.99. The van der Waals surface area contributed by atoms with Crippen molar-refractivity contribution in [1.82, 2.24) is 10.2 Å². The second kappa shape index (κ2) is 12.5. The molecule has 1 aliphatic rings. The highest BCUT2D eigenvalue weighted by atomic mass is 32.1. The molecule has 0 bridgehead atoms. The lowest BCUT2D eigenvalue weighted by atomic mass is 10.1. The minimum atomic E-state index is -0.518. The lowest BCUT2D eigenvalue weighted by Gasteiger charge is -2.32. The lowest BCUT2D eigenvalue weighted by Crippen LogP contribution is -2.43. The monoisotopic (exact) mass is 438 g/mol. The summed E-state index contributed by atoms with van der Waals surface area (Å²) in [4.78, 5) is 25.6. The number of carbonyl (C=O) groups excluding carboxylic acids is 2. The van der Waals surface area contributed by atoms with Gasteiger partial charge in [-0.3, -0.25) is 9.69 Å². The summed E-state index contributed by atoms with van der Waals surface area (Å²) in [5.41, 5.74) is 0.810. The summed E-state index contributed by atoms with van der Waals surface area (Å²) in [6, 6.07) is 6.99. The van der Waals surface area contributed by atoms with Gasteiger partial charge in [0.2, 0.25) is 0 Å². The molecular weight excluding hydrogens is 408 g/mol. The van der Waals surface area contributed by atoms with Crippen LogP contribution in [0.25, 0.3) is 0 Å². The van der Waals surface area contributed by atoms with Gasteiger partial charge in [-0.1, -0.05) is 24.8 Å². The van der Waals surface area contributed by atoms with E-state index in [0.29, 0.717) is 19.0 Å². The van der Waals surface area contributed by atoms with Gasteiger partial charge in [0.1, 0.15) is 18.4 Å². The Labute approximate surface area is 182 Å². The maximum Gasteiger partial charge on any atom is 0.325 e. The number of benzene rings is 1. The van der Waals surface area contributed by atoms with Crippen molar-refractivity contribution in [2.24, 2.45) is 0 Å². The number of esters is 1. The van der Waals surface area contributed by atoms with E-state index >= 15 is 0 Å². The van der Waals surface area contributed by atoms with Crippen molar-refractivity contribution in [1.29, 1.82) is 0 Å². The molecule has 1 N–H and O–H groups in total. The first kappa shape index (κ1) is 24.0. The van der Waals surface area contributed by atoms with Crippen LogP contribution in [0, 0.1) is 0 Å². The molecule has 0 aromatic heterocycles. The zero-order chi connectivity index (χ0) is 21.9. The molecule has 1 aliphatic heterocycles. The quantitative estimate of drug-likeness (QED) is 0.432. The van der Waals surface area contributed by atoms with Gasteiger partial charge < -0.3 is 24.3 Å². The van der Waals surface area contributed by atoms with E-state index in [1.807, 2.05) is 24.3 Å². The predicted molar refractivity (Wildman–Crippen MR) is 116 cm³/mol. The summed E-state index contributed by atoms with van der Waals surface area (Å²) in [6.45, 7) is 6.89. The average molecular weight is 439 g/mol. The van der Waals surface area contributed by atoms with Crippen molar-refractivity contribution in [3.8, 4) is 5.75 Å². The number of thiol groups is 1. The number of ether oxygens (including phenoxy) is 4. The summed E-state index contributed by atoms with van der Waals surface area (Å²) in [5.74, 6) is 0.140. The van der Waals surface area contributed by atoms with Gasteiger partial charge >= 0.3 is 12.0 Å². The molecule has 1 fully saturated rings. The molecule has 1 aromatic carbocycles. The van der Waals surface area contributed by atoms with E-state index in [4.69, 9.17) is 18.9 Å². The van der Waals surface area contributed by atoms with Crippen LogP contribution in [0.15, 0.2) is 35.9 Å². The van der Waals surface area contributed by atoms with Gasteiger partial charge in [0.05, 0.1) is 31.4 Å². The van der Waals surface area contributed by atoms with Crippen LogP contribution in [-0.4, -0.2) is 63.0 Å². The second-order valence-corrected chi connectivity index (χ2v) is 7.19. The molecule has 0 radical (unpaired) electrons. The first-order valence-corrected chi connectivity index (χ1v) is 10.4. The van der Waals surface area contributed by atoms with Crippen LogP contribution in [0.4, 0.5) is 4.79 Å². The van der Waals surface area contributed by atoms with Crippen molar-refractivity contribution in [3.05, 3.63) is 41.4 Å². The molecule has 1 saturated heterocycles. The summed E-state index contributed by atoms with van der Waals surface area (Å²) in [7, 11) is 1.59. The Morgan fingerprint density at radius 1 is 1.33 bits per heavy atom. The molecule has 8 nitrogen and oxygen atoms in total. The number of amides is 2. The lowest BCUT2D eigenvalue weighted by molar-refractivity contribution is -0.141. The fourth-order valence-corrected chi connectivity index (χ4v) is 3.29. The van der Waals surface area contributed by atoms with Crippen molar-refractivity contribution in [2.75, 3.05) is 40.0 Å². The summed E-state index contributed by atoms with van der Waals surface area (Å²) < 4.78 is 22.1. The Bertz CT molecular complexity index is 723. The normalized spacial score (nSPS) is 15.2. The molecule has 0 aliphatic carbocycles. The van der Waals surface area contributed by atoms with Gasteiger partial charge in [-0.2, -0.15) is 0 Å². The van der Waals surface area contributed by atoms with E-state index in [1.54, 1.807) is 14.0 Å². The smallest absolute Gasteiger partial charge is 0.325 e. The molecule has 1 atom stereocenters. The fraction of sp³-hybridized carbons (Fsp3) is 0.524. The van der Waals surface area contributed by atoms with E-state index in [1.165, 1.54) is 4.90 Å². The highest BCUT2D eigenvalue weighted by Gasteiger charge is 2.28. The highest BCUT2D eigenvalue weighted by Crippen LogP contribution is 2.32. The second-order valence-electron chi connectivity index (χ2n) is 6.67. The zero-order valence-electron chi connectivity index (χ0n) is 17.5. The van der Waals surface area contributed by atoms with E-state index < -0.39 is 18.1 Å². The summed E-state index contributed by atoms with van der Waals surface area (Å²) in [6.07, 6.45) is 1.04. The molecule has 2 amide bonds. The van der Waals surface area contributed by atoms with Crippen molar-refractivity contribution >= 4 is 24.6 Å². The number of urea groups is 1. The minimum absolute atomic E-state index is 0.00807.